The van der Waals surface area contributed by atoms with Crippen LogP contribution in [0.4, 0.5) is 11.4 Å². The van der Waals surface area contributed by atoms with Crippen molar-refractivity contribution in [3.05, 3.63) is 54.6 Å². The summed E-state index contributed by atoms with van der Waals surface area (Å²) >= 11 is 0. The number of fused-ring (bicyclic) bond motifs is 1. The van der Waals surface area contributed by atoms with Gasteiger partial charge in [0.2, 0.25) is 5.84 Å². The van der Waals surface area contributed by atoms with Crippen molar-refractivity contribution >= 4 is 33.1 Å². The van der Waals surface area contributed by atoms with Crippen LogP contribution in [0.1, 0.15) is 0 Å². The third kappa shape index (κ3) is 2.63. The van der Waals surface area contributed by atoms with Gasteiger partial charge in [0, 0.05) is 5.69 Å². The number of rotatable bonds is 2. The number of benzene rings is 2. The SMILES string of the molecule is O=C(Nc1ccccc1)C1=NS(=O)(=O)c2ccccc2N1. The summed E-state index contributed by atoms with van der Waals surface area (Å²) in [4.78, 5) is 12.2. The van der Waals surface area contributed by atoms with E-state index in [-0.39, 0.29) is 10.7 Å². The highest BCUT2D eigenvalue weighted by Gasteiger charge is 2.27. The lowest BCUT2D eigenvalue weighted by molar-refractivity contribution is -0.110. The molecule has 0 atom stereocenters. The van der Waals surface area contributed by atoms with Gasteiger partial charge in [-0.3, -0.25) is 4.79 Å². The van der Waals surface area contributed by atoms with E-state index in [1.54, 1.807) is 42.5 Å². The minimum absolute atomic E-state index is 0.0567. The first-order chi connectivity index (χ1) is 10.1. The smallest absolute Gasteiger partial charge is 0.292 e. The third-order valence-corrected chi connectivity index (χ3v) is 4.21. The summed E-state index contributed by atoms with van der Waals surface area (Å²) < 4.78 is 27.6. The van der Waals surface area contributed by atoms with Gasteiger partial charge < -0.3 is 10.6 Å². The Bertz CT molecular complexity index is 830. The van der Waals surface area contributed by atoms with Crippen LogP contribution in [0.3, 0.4) is 0 Å². The lowest BCUT2D eigenvalue weighted by atomic mass is 10.3. The Balaban J connectivity index is 1.91. The van der Waals surface area contributed by atoms with Crippen molar-refractivity contribution < 1.29 is 13.2 Å². The van der Waals surface area contributed by atoms with Crippen molar-refractivity contribution in [3.8, 4) is 0 Å². The van der Waals surface area contributed by atoms with Crippen LogP contribution in [-0.4, -0.2) is 20.2 Å². The van der Waals surface area contributed by atoms with E-state index in [1.807, 2.05) is 6.07 Å². The highest BCUT2D eigenvalue weighted by molar-refractivity contribution is 7.90. The molecule has 0 saturated heterocycles. The second kappa shape index (κ2) is 5.02. The average Bonchev–Trinajstić information content (AvgIpc) is 2.47. The Morgan fingerprint density at radius 3 is 2.43 bits per heavy atom. The van der Waals surface area contributed by atoms with E-state index >= 15 is 0 Å². The van der Waals surface area contributed by atoms with Crippen molar-refractivity contribution in [1.82, 2.24) is 0 Å². The summed E-state index contributed by atoms with van der Waals surface area (Å²) in [6.45, 7) is 0. The Morgan fingerprint density at radius 1 is 1.00 bits per heavy atom. The first-order valence-electron chi connectivity index (χ1n) is 6.14. The molecule has 0 bridgehead atoms. The molecule has 1 heterocycles. The largest absolute Gasteiger partial charge is 0.334 e. The molecule has 0 aliphatic carbocycles. The van der Waals surface area contributed by atoms with E-state index in [2.05, 4.69) is 15.0 Å². The Labute approximate surface area is 121 Å². The molecule has 106 valence electrons. The first kappa shape index (κ1) is 13.3. The molecule has 6 nitrogen and oxygen atoms in total. The third-order valence-electron chi connectivity index (χ3n) is 2.88. The Kier molecular flexibility index (Phi) is 3.19. The van der Waals surface area contributed by atoms with Crippen molar-refractivity contribution in [2.24, 2.45) is 4.40 Å². The first-order valence-corrected chi connectivity index (χ1v) is 7.58. The topological polar surface area (TPSA) is 87.6 Å². The van der Waals surface area contributed by atoms with Gasteiger partial charge in [-0.25, -0.2) is 0 Å². The highest BCUT2D eigenvalue weighted by atomic mass is 32.2. The van der Waals surface area contributed by atoms with Gasteiger partial charge >= 0.3 is 0 Å². The molecule has 7 heteroatoms. The molecular formula is C14H11N3O3S. The zero-order chi connectivity index (χ0) is 14.9. The van der Waals surface area contributed by atoms with Gasteiger partial charge in [-0.15, -0.1) is 4.40 Å². The molecule has 21 heavy (non-hydrogen) atoms. The van der Waals surface area contributed by atoms with Crippen LogP contribution in [0.2, 0.25) is 0 Å². The van der Waals surface area contributed by atoms with Crippen molar-refractivity contribution in [1.29, 1.82) is 0 Å². The molecule has 3 rings (SSSR count). The van der Waals surface area contributed by atoms with Crippen molar-refractivity contribution in [3.63, 3.8) is 0 Å². The zero-order valence-corrected chi connectivity index (χ0v) is 11.6. The minimum Gasteiger partial charge on any atom is -0.334 e. The number of anilines is 2. The van der Waals surface area contributed by atoms with Gasteiger partial charge in [0.25, 0.3) is 15.9 Å². The number of hydrogen-bond acceptors (Lipinski definition) is 4. The summed E-state index contributed by atoms with van der Waals surface area (Å²) in [5.41, 5.74) is 0.897. The molecule has 2 aromatic carbocycles. The molecule has 1 aliphatic heterocycles. The van der Waals surface area contributed by atoms with Crippen LogP contribution in [0.5, 0.6) is 0 Å². The monoisotopic (exact) mass is 301 g/mol. The fourth-order valence-corrected chi connectivity index (χ4v) is 3.04. The molecular weight excluding hydrogens is 290 g/mol. The standard InChI is InChI=1S/C14H11N3O3S/c18-14(15-10-6-2-1-3-7-10)13-16-11-8-4-5-9-12(11)21(19,20)17-13/h1-9H,(H,15,18)(H,16,17). The number of para-hydroxylation sites is 2. The quantitative estimate of drug-likeness (QED) is 0.886. The number of nitrogens with zero attached hydrogens (tertiary/aromatic N) is 1. The normalized spacial score (nSPS) is 15.3. The molecule has 0 unspecified atom stereocenters. The summed E-state index contributed by atoms with van der Waals surface area (Å²) in [5, 5.41) is 5.31. The predicted octanol–water partition coefficient (Wildman–Crippen LogP) is 1.84. The number of amides is 1. The number of hydrogen-bond donors (Lipinski definition) is 2. The van der Waals surface area contributed by atoms with Crippen molar-refractivity contribution in [2.75, 3.05) is 10.6 Å². The second-order valence-corrected chi connectivity index (χ2v) is 5.93. The summed E-state index contributed by atoms with van der Waals surface area (Å²) in [6, 6.07) is 15.0. The fourth-order valence-electron chi connectivity index (χ4n) is 1.92. The fraction of sp³-hybridized carbons (Fsp3) is 0. The van der Waals surface area contributed by atoms with E-state index in [1.165, 1.54) is 6.07 Å². The molecule has 0 aromatic heterocycles. The van der Waals surface area contributed by atoms with E-state index in [0.717, 1.165) is 0 Å². The second-order valence-electron chi connectivity index (χ2n) is 4.36. The van der Waals surface area contributed by atoms with Gasteiger partial charge in [-0.2, -0.15) is 8.42 Å². The lowest BCUT2D eigenvalue weighted by Crippen LogP contribution is -2.33. The van der Waals surface area contributed by atoms with E-state index in [0.29, 0.717) is 11.4 Å². The molecule has 2 aromatic rings. The van der Waals surface area contributed by atoms with Crippen molar-refractivity contribution in [2.45, 2.75) is 4.90 Å². The van der Waals surface area contributed by atoms with E-state index in [9.17, 15) is 13.2 Å². The number of carbonyl (C=O) groups is 1. The maximum Gasteiger partial charge on any atom is 0.292 e. The maximum absolute atomic E-state index is 12.1. The van der Waals surface area contributed by atoms with Gasteiger partial charge in [-0.05, 0) is 24.3 Å². The number of sulfonamides is 1. The molecule has 1 amide bonds. The lowest BCUT2D eigenvalue weighted by Gasteiger charge is -2.17. The van der Waals surface area contributed by atoms with Crippen LogP contribution >= 0.6 is 0 Å². The van der Waals surface area contributed by atoms with Gasteiger partial charge in [-0.1, -0.05) is 30.3 Å². The van der Waals surface area contributed by atoms with Crippen LogP contribution in [-0.2, 0) is 14.8 Å². The van der Waals surface area contributed by atoms with Crippen LogP contribution in [0.15, 0.2) is 63.9 Å². The Hall–Kier alpha value is -2.67. The molecule has 1 aliphatic rings. The van der Waals surface area contributed by atoms with Gasteiger partial charge in [0.15, 0.2) is 0 Å². The van der Waals surface area contributed by atoms with Crippen LogP contribution < -0.4 is 10.6 Å². The van der Waals surface area contributed by atoms with Crippen LogP contribution in [0.25, 0.3) is 0 Å². The molecule has 0 saturated carbocycles. The summed E-state index contributed by atoms with van der Waals surface area (Å²) in [7, 11) is -3.86. The number of carbonyl (C=O) groups excluding carboxylic acids is 1. The maximum atomic E-state index is 12.1. The summed E-state index contributed by atoms with van der Waals surface area (Å²) in [5.74, 6) is -0.864. The number of amidine groups is 1. The van der Waals surface area contributed by atoms with Gasteiger partial charge in [0.1, 0.15) is 4.90 Å². The zero-order valence-electron chi connectivity index (χ0n) is 10.8. The van der Waals surface area contributed by atoms with E-state index < -0.39 is 15.9 Å². The summed E-state index contributed by atoms with van der Waals surface area (Å²) in [6.07, 6.45) is 0. The molecule has 0 fully saturated rings. The predicted molar refractivity (Wildman–Crippen MR) is 79.8 cm³/mol. The molecule has 0 radical (unpaired) electrons. The Morgan fingerprint density at radius 2 is 1.67 bits per heavy atom. The average molecular weight is 301 g/mol. The van der Waals surface area contributed by atoms with Crippen LogP contribution in [0, 0.1) is 0 Å². The van der Waals surface area contributed by atoms with Gasteiger partial charge in [0.05, 0.1) is 5.69 Å². The van der Waals surface area contributed by atoms with E-state index in [4.69, 9.17) is 0 Å². The molecule has 2 N–H and O–H groups in total. The number of nitrogens with one attached hydrogen (secondary N) is 2. The molecule has 0 spiro atoms. The minimum atomic E-state index is -3.86. The highest BCUT2D eigenvalue weighted by Crippen LogP contribution is 2.26.